The smallest absolute Gasteiger partial charge is 0.269 e. The van der Waals surface area contributed by atoms with Gasteiger partial charge in [0, 0.05) is 23.9 Å². The molecule has 1 aromatic heterocycles. The number of nitrogens with zero attached hydrogens (tertiary/aromatic N) is 2. The Morgan fingerprint density at radius 2 is 1.96 bits per heavy atom. The van der Waals surface area contributed by atoms with Crippen LogP contribution in [0.4, 0.5) is 14.5 Å². The number of non-ortho nitro benzene ring substituents is 1. The van der Waals surface area contributed by atoms with Crippen molar-refractivity contribution in [2.75, 3.05) is 6.61 Å². The number of pyridine rings is 1. The minimum Gasteiger partial charge on any atom is -0.486 e. The molecule has 2 heterocycles. The fourth-order valence-electron chi connectivity index (χ4n) is 3.16. The van der Waals surface area contributed by atoms with Crippen LogP contribution in [0.2, 0.25) is 0 Å². The van der Waals surface area contributed by atoms with Crippen molar-refractivity contribution in [2.24, 2.45) is 0 Å². The lowest BCUT2D eigenvalue weighted by molar-refractivity contribution is -0.384. The van der Waals surface area contributed by atoms with Gasteiger partial charge in [-0.3, -0.25) is 14.9 Å². The normalized spacial score (nSPS) is 15.7. The second-order valence-corrected chi connectivity index (χ2v) is 6.14. The summed E-state index contributed by atoms with van der Waals surface area (Å²) >= 11 is 0. The quantitative estimate of drug-likeness (QED) is 0.516. The lowest BCUT2D eigenvalue weighted by Crippen LogP contribution is -2.25. The maximum absolute atomic E-state index is 14.1. The monoisotopic (exact) mass is 358 g/mol. The number of benzene rings is 2. The molecule has 0 fully saturated rings. The molecule has 1 aliphatic rings. The van der Waals surface area contributed by atoms with Gasteiger partial charge in [0.1, 0.15) is 6.61 Å². The maximum atomic E-state index is 14.1. The van der Waals surface area contributed by atoms with E-state index in [4.69, 9.17) is 4.74 Å². The van der Waals surface area contributed by atoms with Crippen LogP contribution in [0.15, 0.2) is 41.3 Å². The first kappa shape index (κ1) is 16.2. The van der Waals surface area contributed by atoms with Crippen LogP contribution in [0.5, 0.6) is 5.75 Å². The Hall–Kier alpha value is -3.29. The molecule has 1 aliphatic heterocycles. The summed E-state index contributed by atoms with van der Waals surface area (Å²) in [6.45, 7) is 1.96. The van der Waals surface area contributed by atoms with Crippen LogP contribution >= 0.6 is 0 Å². The average molecular weight is 358 g/mol. The van der Waals surface area contributed by atoms with Gasteiger partial charge in [-0.2, -0.15) is 4.39 Å². The van der Waals surface area contributed by atoms with Crippen LogP contribution in [0.25, 0.3) is 22.0 Å². The summed E-state index contributed by atoms with van der Waals surface area (Å²) in [5, 5.41) is 10.8. The molecule has 0 amide bonds. The number of hydrogen-bond acceptors (Lipinski definition) is 4. The van der Waals surface area contributed by atoms with Crippen molar-refractivity contribution >= 4 is 16.6 Å². The van der Waals surface area contributed by atoms with Crippen molar-refractivity contribution in [3.05, 3.63) is 68.5 Å². The van der Waals surface area contributed by atoms with Crippen molar-refractivity contribution in [1.29, 1.82) is 0 Å². The molecule has 1 atom stereocenters. The first-order valence-corrected chi connectivity index (χ1v) is 7.83. The summed E-state index contributed by atoms with van der Waals surface area (Å²) in [5.74, 6) is -2.56. The minimum atomic E-state index is -1.16. The molecule has 0 radical (unpaired) electrons. The van der Waals surface area contributed by atoms with E-state index in [-0.39, 0.29) is 40.6 Å². The highest BCUT2D eigenvalue weighted by Crippen LogP contribution is 2.36. The van der Waals surface area contributed by atoms with Gasteiger partial charge >= 0.3 is 0 Å². The summed E-state index contributed by atoms with van der Waals surface area (Å²) in [6.07, 6.45) is 1.56. The third-order valence-corrected chi connectivity index (χ3v) is 4.50. The minimum absolute atomic E-state index is 0.00121. The Morgan fingerprint density at radius 1 is 1.27 bits per heavy atom. The number of hydrogen-bond donors (Lipinski definition) is 0. The van der Waals surface area contributed by atoms with Crippen LogP contribution in [0.1, 0.15) is 13.0 Å². The molecule has 4 rings (SSSR count). The number of ether oxygens (including phenoxy) is 1. The first-order chi connectivity index (χ1) is 12.4. The van der Waals surface area contributed by atoms with Crippen LogP contribution in [-0.2, 0) is 0 Å². The van der Waals surface area contributed by atoms with E-state index >= 15 is 0 Å². The van der Waals surface area contributed by atoms with E-state index in [2.05, 4.69) is 0 Å². The van der Waals surface area contributed by atoms with E-state index in [9.17, 15) is 23.7 Å². The lowest BCUT2D eigenvalue weighted by atomic mass is 10.0. The second-order valence-electron chi connectivity index (χ2n) is 6.14. The fraction of sp³-hybridized carbons (Fsp3) is 0.167. The first-order valence-electron chi connectivity index (χ1n) is 7.83. The highest BCUT2D eigenvalue weighted by molar-refractivity contribution is 5.89. The average Bonchev–Trinajstić information content (AvgIpc) is 2.63. The summed E-state index contributed by atoms with van der Waals surface area (Å²) in [7, 11) is 0. The van der Waals surface area contributed by atoms with Gasteiger partial charge in [-0.05, 0) is 30.7 Å². The Morgan fingerprint density at radius 3 is 2.62 bits per heavy atom. The molecule has 0 N–H and O–H groups in total. The number of halogens is 2. The van der Waals surface area contributed by atoms with E-state index < -0.39 is 22.0 Å². The fourth-order valence-corrected chi connectivity index (χ4v) is 3.16. The molecule has 26 heavy (non-hydrogen) atoms. The number of nitro groups is 1. The van der Waals surface area contributed by atoms with Crippen molar-refractivity contribution in [3.63, 3.8) is 0 Å². The second kappa shape index (κ2) is 5.62. The SMILES string of the molecule is C[C@H]1COc2c(F)c(F)cc3c(=O)c(-c4ccc([N+](=O)[O-])cc4)cn1c23. The molecule has 0 saturated carbocycles. The molecule has 132 valence electrons. The van der Waals surface area contributed by atoms with Gasteiger partial charge in [-0.25, -0.2) is 4.39 Å². The Balaban J connectivity index is 2.04. The van der Waals surface area contributed by atoms with Crippen molar-refractivity contribution in [1.82, 2.24) is 4.57 Å². The van der Waals surface area contributed by atoms with Crippen molar-refractivity contribution in [3.8, 4) is 16.9 Å². The van der Waals surface area contributed by atoms with E-state index in [0.29, 0.717) is 5.56 Å². The predicted molar refractivity (Wildman–Crippen MR) is 90.4 cm³/mol. The molecule has 0 unspecified atom stereocenters. The maximum Gasteiger partial charge on any atom is 0.269 e. The standard InChI is InChI=1S/C18H12F2N2O4/c1-9-8-26-18-15(20)14(19)6-12-16(18)21(9)7-13(17(12)23)10-2-4-11(5-3-10)22(24)25/h2-7,9H,8H2,1H3/t9-/m0/s1. The zero-order valence-electron chi connectivity index (χ0n) is 13.5. The molecular formula is C18H12F2N2O4. The van der Waals surface area contributed by atoms with Gasteiger partial charge in [-0.1, -0.05) is 0 Å². The zero-order valence-corrected chi connectivity index (χ0v) is 13.5. The van der Waals surface area contributed by atoms with Crippen molar-refractivity contribution < 1.29 is 18.4 Å². The van der Waals surface area contributed by atoms with Gasteiger partial charge < -0.3 is 9.30 Å². The summed E-state index contributed by atoms with van der Waals surface area (Å²) in [4.78, 5) is 23.1. The lowest BCUT2D eigenvalue weighted by Gasteiger charge is -2.27. The third-order valence-electron chi connectivity index (χ3n) is 4.50. The molecule has 8 heteroatoms. The van der Waals surface area contributed by atoms with E-state index in [0.717, 1.165) is 6.07 Å². The summed E-state index contributed by atoms with van der Waals surface area (Å²) in [6, 6.07) is 6.16. The topological polar surface area (TPSA) is 74.4 Å². The van der Waals surface area contributed by atoms with Crippen molar-refractivity contribution in [2.45, 2.75) is 13.0 Å². The number of rotatable bonds is 2. The predicted octanol–water partition coefficient (Wildman–Crippen LogP) is 3.81. The van der Waals surface area contributed by atoms with Gasteiger partial charge in [0.15, 0.2) is 17.0 Å². The van der Waals surface area contributed by atoms with Crippen LogP contribution in [0, 0.1) is 21.7 Å². The number of aromatic nitrogens is 1. The van der Waals surface area contributed by atoms with Crippen LogP contribution < -0.4 is 10.2 Å². The zero-order chi connectivity index (χ0) is 18.6. The molecule has 2 aromatic carbocycles. The highest BCUT2D eigenvalue weighted by Gasteiger charge is 2.27. The Labute approximate surface area is 145 Å². The molecular weight excluding hydrogens is 346 g/mol. The van der Waals surface area contributed by atoms with E-state index in [1.165, 1.54) is 24.3 Å². The molecule has 0 spiro atoms. The molecule has 0 aliphatic carbocycles. The number of nitro benzene ring substituents is 1. The molecule has 6 nitrogen and oxygen atoms in total. The van der Waals surface area contributed by atoms with Crippen LogP contribution in [-0.4, -0.2) is 16.1 Å². The van der Waals surface area contributed by atoms with Gasteiger partial charge in [0.05, 0.1) is 21.9 Å². The van der Waals surface area contributed by atoms with E-state index in [1.54, 1.807) is 10.8 Å². The van der Waals surface area contributed by atoms with Crippen LogP contribution in [0.3, 0.4) is 0 Å². The third kappa shape index (κ3) is 2.26. The Kier molecular flexibility index (Phi) is 3.50. The van der Waals surface area contributed by atoms with Gasteiger partial charge in [-0.15, -0.1) is 0 Å². The van der Waals surface area contributed by atoms with Gasteiger partial charge in [0.25, 0.3) is 5.69 Å². The highest BCUT2D eigenvalue weighted by atomic mass is 19.2. The van der Waals surface area contributed by atoms with Gasteiger partial charge in [0.2, 0.25) is 5.82 Å². The summed E-state index contributed by atoms with van der Waals surface area (Å²) in [5.41, 5.74) is 0.309. The largest absolute Gasteiger partial charge is 0.486 e. The van der Waals surface area contributed by atoms with E-state index in [1.807, 2.05) is 6.92 Å². The molecule has 0 bridgehead atoms. The molecule has 3 aromatic rings. The Bertz CT molecular complexity index is 1120. The summed E-state index contributed by atoms with van der Waals surface area (Å²) < 4.78 is 35.0. The molecule has 0 saturated heterocycles.